The molecular weight excluding hydrogens is 292 g/mol. The summed E-state index contributed by atoms with van der Waals surface area (Å²) in [5.74, 6) is 0.240. The van der Waals surface area contributed by atoms with Crippen molar-refractivity contribution in [1.29, 1.82) is 0 Å². The molecule has 1 aromatic heterocycles. The van der Waals surface area contributed by atoms with E-state index in [1.165, 1.54) is 12.4 Å². The fourth-order valence-corrected chi connectivity index (χ4v) is 2.65. The molecule has 1 aliphatic heterocycles. The number of aromatic nitrogens is 2. The monoisotopic (exact) mass is 308 g/mol. The van der Waals surface area contributed by atoms with E-state index in [0.717, 1.165) is 25.7 Å². The SMILES string of the molecule is O=C(NC1CCN(C(=O)c2cncc(Cl)n2)CC1)C1CC1. The van der Waals surface area contributed by atoms with Crippen LogP contribution in [0.25, 0.3) is 0 Å². The molecule has 0 aromatic carbocycles. The second-order valence-corrected chi connectivity index (χ2v) is 5.96. The molecule has 1 saturated heterocycles. The highest BCUT2D eigenvalue weighted by atomic mass is 35.5. The van der Waals surface area contributed by atoms with Crippen LogP contribution in [0, 0.1) is 5.92 Å². The molecule has 2 fully saturated rings. The molecule has 2 heterocycles. The Kier molecular flexibility index (Phi) is 4.05. The standard InChI is InChI=1S/C14H17ClN4O2/c15-12-8-16-7-11(18-12)14(21)19-5-3-10(4-6-19)17-13(20)9-1-2-9/h7-10H,1-6H2,(H,17,20). The highest BCUT2D eigenvalue weighted by molar-refractivity contribution is 6.29. The lowest BCUT2D eigenvalue weighted by Crippen LogP contribution is -2.47. The number of piperidine rings is 1. The summed E-state index contributed by atoms with van der Waals surface area (Å²) in [4.78, 5) is 33.6. The summed E-state index contributed by atoms with van der Waals surface area (Å²) >= 11 is 5.75. The Balaban J connectivity index is 1.53. The zero-order valence-electron chi connectivity index (χ0n) is 11.6. The lowest BCUT2D eigenvalue weighted by molar-refractivity contribution is -0.123. The van der Waals surface area contributed by atoms with E-state index >= 15 is 0 Å². The van der Waals surface area contributed by atoms with Gasteiger partial charge in [0.15, 0.2) is 0 Å². The summed E-state index contributed by atoms with van der Waals surface area (Å²) in [5.41, 5.74) is 0.267. The van der Waals surface area contributed by atoms with Crippen molar-refractivity contribution in [2.75, 3.05) is 13.1 Å². The van der Waals surface area contributed by atoms with Gasteiger partial charge in [-0.2, -0.15) is 0 Å². The van der Waals surface area contributed by atoms with E-state index in [1.807, 2.05) is 0 Å². The van der Waals surface area contributed by atoms with E-state index in [2.05, 4.69) is 15.3 Å². The van der Waals surface area contributed by atoms with Crippen LogP contribution in [0.2, 0.25) is 5.15 Å². The molecule has 1 aliphatic carbocycles. The van der Waals surface area contributed by atoms with Gasteiger partial charge in [-0.3, -0.25) is 14.6 Å². The average molecular weight is 309 g/mol. The maximum Gasteiger partial charge on any atom is 0.274 e. The first kappa shape index (κ1) is 14.3. The Bertz CT molecular complexity index is 554. The molecule has 2 aliphatic rings. The van der Waals surface area contributed by atoms with Crippen LogP contribution in [0.15, 0.2) is 12.4 Å². The zero-order valence-corrected chi connectivity index (χ0v) is 12.3. The zero-order chi connectivity index (χ0) is 14.8. The number of carbonyl (C=O) groups is 2. The van der Waals surface area contributed by atoms with Crippen LogP contribution in [0.4, 0.5) is 0 Å². The number of nitrogens with zero attached hydrogens (tertiary/aromatic N) is 3. The highest BCUT2D eigenvalue weighted by Crippen LogP contribution is 2.29. The maximum atomic E-state index is 12.3. The van der Waals surface area contributed by atoms with Gasteiger partial charge in [0.05, 0.1) is 12.4 Å². The largest absolute Gasteiger partial charge is 0.353 e. The first-order valence-corrected chi connectivity index (χ1v) is 7.58. The van der Waals surface area contributed by atoms with Crippen molar-refractivity contribution in [3.63, 3.8) is 0 Å². The Hall–Kier alpha value is -1.69. The van der Waals surface area contributed by atoms with Gasteiger partial charge < -0.3 is 10.2 Å². The Morgan fingerprint density at radius 2 is 1.90 bits per heavy atom. The van der Waals surface area contributed by atoms with Crippen molar-refractivity contribution >= 4 is 23.4 Å². The molecule has 0 atom stereocenters. The van der Waals surface area contributed by atoms with Gasteiger partial charge in [-0.05, 0) is 25.7 Å². The molecule has 0 spiro atoms. The highest BCUT2D eigenvalue weighted by Gasteiger charge is 2.32. The summed E-state index contributed by atoms with van der Waals surface area (Å²) in [6, 6.07) is 0.174. The molecule has 0 radical (unpaired) electrons. The van der Waals surface area contributed by atoms with Crippen LogP contribution in [-0.4, -0.2) is 45.8 Å². The number of hydrogen-bond acceptors (Lipinski definition) is 4. The number of rotatable bonds is 3. The number of halogens is 1. The number of likely N-dealkylation sites (tertiary alicyclic amines) is 1. The van der Waals surface area contributed by atoms with Crippen molar-refractivity contribution in [1.82, 2.24) is 20.2 Å². The predicted molar refractivity (Wildman–Crippen MR) is 76.8 cm³/mol. The number of carbonyl (C=O) groups excluding carboxylic acids is 2. The molecule has 21 heavy (non-hydrogen) atoms. The quantitative estimate of drug-likeness (QED) is 0.912. The number of amides is 2. The second kappa shape index (κ2) is 5.97. The molecule has 112 valence electrons. The molecule has 6 nitrogen and oxygen atoms in total. The van der Waals surface area contributed by atoms with Crippen LogP contribution in [-0.2, 0) is 4.79 Å². The average Bonchev–Trinajstić information content (AvgIpc) is 3.32. The molecule has 1 N–H and O–H groups in total. The second-order valence-electron chi connectivity index (χ2n) is 5.58. The molecule has 7 heteroatoms. The molecule has 1 saturated carbocycles. The fraction of sp³-hybridized carbons (Fsp3) is 0.571. The van der Waals surface area contributed by atoms with Crippen molar-refractivity contribution < 1.29 is 9.59 Å². The summed E-state index contributed by atoms with van der Waals surface area (Å²) in [5, 5.41) is 3.28. The number of hydrogen-bond donors (Lipinski definition) is 1. The van der Waals surface area contributed by atoms with E-state index in [1.54, 1.807) is 4.90 Å². The third-order valence-corrected chi connectivity index (χ3v) is 4.08. The minimum atomic E-state index is -0.156. The molecule has 3 rings (SSSR count). The maximum absolute atomic E-state index is 12.3. The van der Waals surface area contributed by atoms with Gasteiger partial charge in [-0.15, -0.1) is 0 Å². The van der Waals surface area contributed by atoms with Crippen molar-refractivity contribution in [2.24, 2.45) is 5.92 Å². The van der Waals surface area contributed by atoms with E-state index in [4.69, 9.17) is 11.6 Å². The third kappa shape index (κ3) is 3.50. The van der Waals surface area contributed by atoms with Gasteiger partial charge in [0.2, 0.25) is 5.91 Å². The Labute approximate surface area is 127 Å². The van der Waals surface area contributed by atoms with E-state index in [-0.39, 0.29) is 34.6 Å². The number of nitrogens with one attached hydrogen (secondary N) is 1. The Morgan fingerprint density at radius 3 is 2.52 bits per heavy atom. The van der Waals surface area contributed by atoms with Crippen molar-refractivity contribution in [3.8, 4) is 0 Å². The first-order chi connectivity index (χ1) is 10.1. The molecule has 0 unspecified atom stereocenters. The van der Waals surface area contributed by atoms with E-state index in [0.29, 0.717) is 13.1 Å². The lowest BCUT2D eigenvalue weighted by atomic mass is 10.0. The molecule has 2 amide bonds. The fourth-order valence-electron chi connectivity index (χ4n) is 2.50. The third-order valence-electron chi connectivity index (χ3n) is 3.90. The minimum absolute atomic E-state index is 0.156. The Morgan fingerprint density at radius 1 is 1.19 bits per heavy atom. The van der Waals surface area contributed by atoms with Gasteiger partial charge in [-0.25, -0.2) is 4.98 Å². The van der Waals surface area contributed by atoms with Gasteiger partial charge in [0.25, 0.3) is 5.91 Å². The van der Waals surface area contributed by atoms with Crippen LogP contribution in [0.1, 0.15) is 36.2 Å². The smallest absolute Gasteiger partial charge is 0.274 e. The lowest BCUT2D eigenvalue weighted by Gasteiger charge is -2.32. The van der Waals surface area contributed by atoms with Crippen LogP contribution in [0.3, 0.4) is 0 Å². The normalized spacial score (nSPS) is 19.4. The molecule has 0 bridgehead atoms. The van der Waals surface area contributed by atoms with Crippen LogP contribution < -0.4 is 5.32 Å². The molecule has 1 aromatic rings. The van der Waals surface area contributed by atoms with Gasteiger partial charge >= 0.3 is 0 Å². The van der Waals surface area contributed by atoms with E-state index in [9.17, 15) is 9.59 Å². The predicted octanol–water partition coefficient (Wildman–Crippen LogP) is 1.26. The first-order valence-electron chi connectivity index (χ1n) is 7.20. The van der Waals surface area contributed by atoms with Crippen LogP contribution >= 0.6 is 11.6 Å². The van der Waals surface area contributed by atoms with Crippen LogP contribution in [0.5, 0.6) is 0 Å². The summed E-state index contributed by atoms with van der Waals surface area (Å²) < 4.78 is 0. The van der Waals surface area contributed by atoms with Gasteiger partial charge in [0, 0.05) is 25.0 Å². The van der Waals surface area contributed by atoms with Crippen molar-refractivity contribution in [2.45, 2.75) is 31.7 Å². The summed E-state index contributed by atoms with van der Waals surface area (Å²) in [7, 11) is 0. The van der Waals surface area contributed by atoms with Gasteiger partial charge in [0.1, 0.15) is 10.8 Å². The van der Waals surface area contributed by atoms with E-state index < -0.39 is 0 Å². The topological polar surface area (TPSA) is 75.2 Å². The minimum Gasteiger partial charge on any atom is -0.353 e. The summed E-state index contributed by atoms with van der Waals surface area (Å²) in [6.07, 6.45) is 6.40. The van der Waals surface area contributed by atoms with Crippen molar-refractivity contribution in [3.05, 3.63) is 23.2 Å². The molecular formula is C14H17ClN4O2. The van der Waals surface area contributed by atoms with Gasteiger partial charge in [-0.1, -0.05) is 11.6 Å². The summed E-state index contributed by atoms with van der Waals surface area (Å²) in [6.45, 7) is 1.23.